The van der Waals surface area contributed by atoms with Crippen molar-refractivity contribution in [3.8, 4) is 16.4 Å². The Morgan fingerprint density at radius 2 is 1.92 bits per heavy atom. The molecule has 0 saturated heterocycles. The van der Waals surface area contributed by atoms with Crippen molar-refractivity contribution in [2.24, 2.45) is 0 Å². The van der Waals surface area contributed by atoms with Crippen molar-refractivity contribution in [3.05, 3.63) is 83.3 Å². The van der Waals surface area contributed by atoms with Gasteiger partial charge in [0.1, 0.15) is 11.5 Å². The molecule has 0 unspecified atom stereocenters. The average Bonchev–Trinajstić information content (AvgIpc) is 3.39. The molecule has 0 aliphatic carbocycles. The van der Waals surface area contributed by atoms with Gasteiger partial charge in [0.2, 0.25) is 0 Å². The number of furan rings is 1. The number of phenols is 1. The monoisotopic (exact) mass is 366 g/mol. The van der Waals surface area contributed by atoms with Gasteiger partial charge in [0, 0.05) is 24.7 Å². The lowest BCUT2D eigenvalue weighted by atomic mass is 10.1. The number of aromatic hydroxyl groups is 1. The van der Waals surface area contributed by atoms with Gasteiger partial charge in [-0.05, 0) is 29.6 Å². The smallest absolute Gasteiger partial charge is 0.177 e. The minimum Gasteiger partial charge on any atom is -0.508 e. The highest BCUT2D eigenvalue weighted by Gasteiger charge is 2.15. The predicted octanol–water partition coefficient (Wildman–Crippen LogP) is 4.90. The van der Waals surface area contributed by atoms with Crippen LogP contribution in [0.15, 0.2) is 75.2 Å². The maximum atomic E-state index is 10.1. The lowest BCUT2D eigenvalue weighted by Crippen LogP contribution is -2.22. The van der Waals surface area contributed by atoms with Gasteiger partial charge in [0.15, 0.2) is 5.76 Å². The van der Waals surface area contributed by atoms with Crippen molar-refractivity contribution in [2.45, 2.75) is 19.6 Å². The third kappa shape index (κ3) is 3.87. The van der Waals surface area contributed by atoms with Crippen molar-refractivity contribution < 1.29 is 14.0 Å². The molecule has 0 radical (unpaired) electrons. The number of aromatic nitrogens is 1. The maximum Gasteiger partial charge on any atom is 0.177 e. The normalized spacial score (nSPS) is 11.3. The van der Waals surface area contributed by atoms with Crippen molar-refractivity contribution >= 4 is 11.3 Å². The highest BCUT2D eigenvalue weighted by Crippen LogP contribution is 2.26. The second kappa shape index (κ2) is 7.59. The summed E-state index contributed by atoms with van der Waals surface area (Å²) in [5, 5.41) is 16.3. The van der Waals surface area contributed by atoms with Crippen LogP contribution in [0.5, 0.6) is 5.75 Å². The zero-order valence-corrected chi connectivity index (χ0v) is 14.9. The van der Waals surface area contributed by atoms with Crippen LogP contribution < -0.4 is 0 Å². The summed E-state index contributed by atoms with van der Waals surface area (Å²) in [6, 6.07) is 17.1. The zero-order valence-electron chi connectivity index (χ0n) is 14.0. The molecular weight excluding hydrogens is 348 g/mol. The molecule has 0 bridgehead atoms. The Morgan fingerprint density at radius 3 is 2.69 bits per heavy atom. The molecule has 0 saturated carbocycles. The van der Waals surface area contributed by atoms with Gasteiger partial charge in [-0.25, -0.2) is 0 Å². The molecular formula is C20H18N2O3S. The van der Waals surface area contributed by atoms with Gasteiger partial charge in [-0.2, -0.15) is 0 Å². The van der Waals surface area contributed by atoms with Crippen molar-refractivity contribution in [1.29, 1.82) is 0 Å². The Balaban J connectivity index is 1.53. The van der Waals surface area contributed by atoms with Crippen LogP contribution in [0.3, 0.4) is 0 Å². The van der Waals surface area contributed by atoms with Crippen LogP contribution in [-0.2, 0) is 19.6 Å². The fraction of sp³-hybridized carbons (Fsp3) is 0.150. The summed E-state index contributed by atoms with van der Waals surface area (Å²) in [6.07, 6.45) is 1.67. The van der Waals surface area contributed by atoms with Crippen molar-refractivity contribution in [2.75, 3.05) is 0 Å². The first-order chi connectivity index (χ1) is 12.8. The molecule has 1 aromatic carbocycles. The molecule has 5 nitrogen and oxygen atoms in total. The number of thiophene rings is 1. The molecule has 132 valence electrons. The minimum absolute atomic E-state index is 0.288. The molecule has 26 heavy (non-hydrogen) atoms. The zero-order chi connectivity index (χ0) is 17.8. The Morgan fingerprint density at radius 1 is 1.00 bits per heavy atom. The van der Waals surface area contributed by atoms with E-state index in [0.29, 0.717) is 19.6 Å². The van der Waals surface area contributed by atoms with Crippen LogP contribution in [0, 0.1) is 0 Å². The van der Waals surface area contributed by atoms with Crippen LogP contribution in [-0.4, -0.2) is 15.2 Å². The SMILES string of the molecule is Oc1ccccc1CN(Cc1cc(-c2cccs2)on1)Cc1ccco1. The fourth-order valence-electron chi connectivity index (χ4n) is 2.83. The number of benzene rings is 1. The first-order valence-corrected chi connectivity index (χ1v) is 9.17. The number of hydrogen-bond acceptors (Lipinski definition) is 6. The third-order valence-corrected chi connectivity index (χ3v) is 4.94. The van der Waals surface area contributed by atoms with Crippen molar-refractivity contribution in [1.82, 2.24) is 10.1 Å². The number of phenolic OH excluding ortho intramolecular Hbond substituents is 1. The highest BCUT2D eigenvalue weighted by molar-refractivity contribution is 7.13. The summed E-state index contributed by atoms with van der Waals surface area (Å²) < 4.78 is 11.0. The molecule has 0 aliphatic rings. The van der Waals surface area contributed by atoms with E-state index < -0.39 is 0 Å². The third-order valence-electron chi connectivity index (χ3n) is 4.05. The summed E-state index contributed by atoms with van der Waals surface area (Å²) in [5.41, 5.74) is 1.71. The molecule has 6 heteroatoms. The number of hydrogen-bond donors (Lipinski definition) is 1. The number of rotatable bonds is 7. The van der Waals surface area contributed by atoms with Gasteiger partial charge in [0.05, 0.1) is 23.4 Å². The number of para-hydroxylation sites is 1. The topological polar surface area (TPSA) is 62.6 Å². The van der Waals surface area contributed by atoms with E-state index >= 15 is 0 Å². The van der Waals surface area contributed by atoms with Gasteiger partial charge in [-0.3, -0.25) is 4.90 Å². The van der Waals surface area contributed by atoms with Crippen LogP contribution in [0.25, 0.3) is 10.6 Å². The maximum absolute atomic E-state index is 10.1. The van der Waals surface area contributed by atoms with Crippen LogP contribution in [0.2, 0.25) is 0 Å². The van der Waals surface area contributed by atoms with Crippen LogP contribution in [0.4, 0.5) is 0 Å². The molecule has 0 fully saturated rings. The van der Waals surface area contributed by atoms with Crippen LogP contribution in [0.1, 0.15) is 17.0 Å². The minimum atomic E-state index is 0.288. The van der Waals surface area contributed by atoms with E-state index in [4.69, 9.17) is 8.94 Å². The summed E-state index contributed by atoms with van der Waals surface area (Å²) in [5.74, 6) is 1.93. The summed E-state index contributed by atoms with van der Waals surface area (Å²) in [7, 11) is 0. The fourth-order valence-corrected chi connectivity index (χ4v) is 3.50. The molecule has 4 rings (SSSR count). The second-order valence-corrected chi connectivity index (χ2v) is 6.96. The Bertz CT molecular complexity index is 945. The molecule has 0 atom stereocenters. The van der Waals surface area contributed by atoms with Gasteiger partial charge < -0.3 is 14.0 Å². The molecule has 0 amide bonds. The summed E-state index contributed by atoms with van der Waals surface area (Å²) in [6.45, 7) is 1.78. The molecule has 4 aromatic rings. The summed E-state index contributed by atoms with van der Waals surface area (Å²) in [4.78, 5) is 3.21. The van der Waals surface area contributed by atoms with Gasteiger partial charge >= 0.3 is 0 Å². The Kier molecular flexibility index (Phi) is 4.86. The van der Waals surface area contributed by atoms with E-state index in [1.807, 2.05) is 53.9 Å². The van der Waals surface area contributed by atoms with E-state index in [1.54, 1.807) is 23.7 Å². The Hall–Kier alpha value is -2.83. The molecule has 1 N–H and O–H groups in total. The summed E-state index contributed by atoms with van der Waals surface area (Å²) >= 11 is 1.62. The first kappa shape index (κ1) is 16.6. The first-order valence-electron chi connectivity index (χ1n) is 8.29. The van der Waals surface area contributed by atoms with Gasteiger partial charge in [0.25, 0.3) is 0 Å². The van der Waals surface area contributed by atoms with E-state index in [0.717, 1.165) is 27.7 Å². The van der Waals surface area contributed by atoms with E-state index in [1.165, 1.54) is 0 Å². The predicted molar refractivity (Wildman–Crippen MR) is 99.6 cm³/mol. The average molecular weight is 366 g/mol. The number of nitrogens with zero attached hydrogens (tertiary/aromatic N) is 2. The lowest BCUT2D eigenvalue weighted by Gasteiger charge is -2.20. The van der Waals surface area contributed by atoms with E-state index in [2.05, 4.69) is 10.1 Å². The largest absolute Gasteiger partial charge is 0.508 e. The molecule has 3 heterocycles. The Labute approximate surface area is 155 Å². The van der Waals surface area contributed by atoms with Crippen LogP contribution >= 0.6 is 11.3 Å². The highest BCUT2D eigenvalue weighted by atomic mass is 32.1. The molecule has 0 spiro atoms. The van der Waals surface area contributed by atoms with Gasteiger partial charge in [-0.1, -0.05) is 29.4 Å². The quantitative estimate of drug-likeness (QED) is 0.504. The lowest BCUT2D eigenvalue weighted by molar-refractivity contribution is 0.218. The second-order valence-electron chi connectivity index (χ2n) is 6.01. The van der Waals surface area contributed by atoms with Gasteiger partial charge in [-0.15, -0.1) is 11.3 Å². The standard InChI is InChI=1S/C20H18N2O3S/c23-18-7-2-1-5-15(18)12-22(14-17-6-3-9-24-17)13-16-11-19(25-21-16)20-8-4-10-26-20/h1-11,23H,12-14H2. The molecule has 3 aromatic heterocycles. The van der Waals surface area contributed by atoms with E-state index in [-0.39, 0.29) is 5.75 Å². The van der Waals surface area contributed by atoms with Crippen molar-refractivity contribution in [3.63, 3.8) is 0 Å². The van der Waals surface area contributed by atoms with E-state index in [9.17, 15) is 5.11 Å². The molecule has 0 aliphatic heterocycles.